The first-order valence-corrected chi connectivity index (χ1v) is 6.31. The summed E-state index contributed by atoms with van der Waals surface area (Å²) in [5, 5.41) is 9.06. The molecule has 1 aromatic heterocycles. The molecule has 0 fully saturated rings. The standard InChI is InChI=1S/C12H17N3S/c1-9(7-13-2)8-14-12-10-5-3-4-6-11(10)15-16-12/h3-6,9,13-14H,7-8H2,1-2H3. The summed E-state index contributed by atoms with van der Waals surface area (Å²) in [5.74, 6) is 0.617. The number of nitrogens with zero attached hydrogens (tertiary/aromatic N) is 1. The number of anilines is 1. The van der Waals surface area contributed by atoms with Gasteiger partial charge in [0.1, 0.15) is 5.00 Å². The molecule has 0 aliphatic heterocycles. The van der Waals surface area contributed by atoms with Gasteiger partial charge in [-0.3, -0.25) is 0 Å². The van der Waals surface area contributed by atoms with E-state index in [1.165, 1.54) is 10.4 Å². The first-order valence-electron chi connectivity index (χ1n) is 5.54. The number of hydrogen-bond donors (Lipinski definition) is 2. The zero-order valence-corrected chi connectivity index (χ0v) is 10.5. The van der Waals surface area contributed by atoms with Gasteiger partial charge in [0.15, 0.2) is 0 Å². The maximum Gasteiger partial charge on any atom is 0.117 e. The molecule has 1 atom stereocenters. The Balaban J connectivity index is 2.04. The lowest BCUT2D eigenvalue weighted by atomic mass is 10.2. The van der Waals surface area contributed by atoms with Crippen LogP contribution in [0.1, 0.15) is 6.92 Å². The largest absolute Gasteiger partial charge is 0.375 e. The SMILES string of the molecule is CNCC(C)CNc1snc2ccccc12. The first kappa shape index (κ1) is 11.4. The molecule has 2 aromatic rings. The lowest BCUT2D eigenvalue weighted by Crippen LogP contribution is -2.22. The molecule has 2 N–H and O–H groups in total. The normalized spacial score (nSPS) is 12.9. The summed E-state index contributed by atoms with van der Waals surface area (Å²) in [5.41, 5.74) is 1.08. The lowest BCUT2D eigenvalue weighted by molar-refractivity contribution is 0.570. The smallest absolute Gasteiger partial charge is 0.117 e. The number of fused-ring (bicyclic) bond motifs is 1. The van der Waals surface area contributed by atoms with E-state index in [0.29, 0.717) is 5.92 Å². The zero-order chi connectivity index (χ0) is 11.4. The van der Waals surface area contributed by atoms with E-state index in [1.807, 2.05) is 19.2 Å². The molecule has 4 heteroatoms. The fourth-order valence-electron chi connectivity index (χ4n) is 1.70. The summed E-state index contributed by atoms with van der Waals surface area (Å²) in [4.78, 5) is 0. The van der Waals surface area contributed by atoms with Gasteiger partial charge in [0, 0.05) is 11.9 Å². The van der Waals surface area contributed by atoms with Gasteiger partial charge in [0.25, 0.3) is 0 Å². The van der Waals surface area contributed by atoms with E-state index in [2.05, 4.69) is 34.1 Å². The van der Waals surface area contributed by atoms with Crippen LogP contribution in [0.25, 0.3) is 10.9 Å². The fraction of sp³-hybridized carbons (Fsp3) is 0.417. The highest BCUT2D eigenvalue weighted by atomic mass is 32.1. The predicted octanol–water partition coefficient (Wildman–Crippen LogP) is 2.56. The van der Waals surface area contributed by atoms with Gasteiger partial charge in [-0.25, -0.2) is 0 Å². The molecule has 16 heavy (non-hydrogen) atoms. The van der Waals surface area contributed by atoms with E-state index >= 15 is 0 Å². The van der Waals surface area contributed by atoms with Crippen LogP contribution >= 0.6 is 11.5 Å². The van der Waals surface area contributed by atoms with Crippen LogP contribution in [0.5, 0.6) is 0 Å². The van der Waals surface area contributed by atoms with Crippen molar-refractivity contribution in [3.63, 3.8) is 0 Å². The van der Waals surface area contributed by atoms with Crippen molar-refractivity contribution in [2.75, 3.05) is 25.5 Å². The first-order chi connectivity index (χ1) is 7.81. The van der Waals surface area contributed by atoms with Crippen molar-refractivity contribution in [3.8, 4) is 0 Å². The van der Waals surface area contributed by atoms with E-state index in [0.717, 1.165) is 18.6 Å². The summed E-state index contributed by atoms with van der Waals surface area (Å²) in [7, 11) is 1.98. The molecule has 0 saturated heterocycles. The van der Waals surface area contributed by atoms with Crippen LogP contribution < -0.4 is 10.6 Å². The van der Waals surface area contributed by atoms with Crippen molar-refractivity contribution in [3.05, 3.63) is 24.3 Å². The third kappa shape index (κ3) is 2.51. The monoisotopic (exact) mass is 235 g/mol. The molecule has 3 nitrogen and oxygen atoms in total. The van der Waals surface area contributed by atoms with Crippen LogP contribution in [0.15, 0.2) is 24.3 Å². The van der Waals surface area contributed by atoms with Gasteiger partial charge in [-0.1, -0.05) is 19.1 Å². The van der Waals surface area contributed by atoms with E-state index in [-0.39, 0.29) is 0 Å². The van der Waals surface area contributed by atoms with Gasteiger partial charge in [0.05, 0.1) is 5.52 Å². The molecule has 86 valence electrons. The Bertz CT molecular complexity index is 452. The minimum absolute atomic E-state index is 0.617. The Kier molecular flexibility index (Phi) is 3.74. The fourth-order valence-corrected chi connectivity index (χ4v) is 2.47. The van der Waals surface area contributed by atoms with E-state index in [4.69, 9.17) is 0 Å². The highest BCUT2D eigenvalue weighted by Gasteiger charge is 2.06. The number of nitrogens with one attached hydrogen (secondary N) is 2. The molecular weight excluding hydrogens is 218 g/mol. The topological polar surface area (TPSA) is 37.0 Å². The molecule has 0 aliphatic rings. The highest BCUT2D eigenvalue weighted by Crippen LogP contribution is 2.27. The second-order valence-corrected chi connectivity index (χ2v) is 4.85. The van der Waals surface area contributed by atoms with Crippen molar-refractivity contribution in [2.24, 2.45) is 5.92 Å². The van der Waals surface area contributed by atoms with Crippen LogP contribution in [0, 0.1) is 5.92 Å². The molecule has 0 amide bonds. The van der Waals surface area contributed by atoms with E-state index in [9.17, 15) is 0 Å². The quantitative estimate of drug-likeness (QED) is 0.836. The molecule has 1 heterocycles. The Morgan fingerprint density at radius 2 is 2.12 bits per heavy atom. The summed E-state index contributed by atoms with van der Waals surface area (Å²) in [6.07, 6.45) is 0. The van der Waals surface area contributed by atoms with Gasteiger partial charge >= 0.3 is 0 Å². The summed E-state index contributed by atoms with van der Waals surface area (Å²) in [6.45, 7) is 4.24. The van der Waals surface area contributed by atoms with Crippen LogP contribution in [-0.4, -0.2) is 24.5 Å². The molecule has 1 aromatic carbocycles. The van der Waals surface area contributed by atoms with E-state index in [1.54, 1.807) is 11.5 Å². The summed E-state index contributed by atoms with van der Waals surface area (Å²) >= 11 is 1.54. The minimum Gasteiger partial charge on any atom is -0.375 e. The maximum atomic E-state index is 4.41. The second kappa shape index (κ2) is 5.27. The predicted molar refractivity (Wildman–Crippen MR) is 71.2 cm³/mol. The van der Waals surface area contributed by atoms with Crippen molar-refractivity contribution in [2.45, 2.75) is 6.92 Å². The average Bonchev–Trinajstić information content (AvgIpc) is 2.70. The van der Waals surface area contributed by atoms with Crippen LogP contribution in [-0.2, 0) is 0 Å². The van der Waals surface area contributed by atoms with E-state index < -0.39 is 0 Å². The molecule has 0 radical (unpaired) electrons. The number of rotatable bonds is 5. The molecule has 2 rings (SSSR count). The lowest BCUT2D eigenvalue weighted by Gasteiger charge is -2.11. The number of aromatic nitrogens is 1. The Labute approximate surface area is 100 Å². The van der Waals surface area contributed by atoms with Gasteiger partial charge in [-0.05, 0) is 43.2 Å². The molecule has 0 aliphatic carbocycles. The van der Waals surface area contributed by atoms with Crippen LogP contribution in [0.3, 0.4) is 0 Å². The van der Waals surface area contributed by atoms with Gasteiger partial charge in [-0.2, -0.15) is 4.37 Å². The Hall–Kier alpha value is -1.13. The summed E-state index contributed by atoms with van der Waals surface area (Å²) < 4.78 is 4.41. The third-order valence-corrected chi connectivity index (χ3v) is 3.38. The Morgan fingerprint density at radius 1 is 1.31 bits per heavy atom. The average molecular weight is 235 g/mol. The van der Waals surface area contributed by atoms with Gasteiger partial charge in [0.2, 0.25) is 0 Å². The Morgan fingerprint density at radius 3 is 2.94 bits per heavy atom. The zero-order valence-electron chi connectivity index (χ0n) is 9.66. The van der Waals surface area contributed by atoms with Crippen LogP contribution in [0.4, 0.5) is 5.00 Å². The number of benzene rings is 1. The van der Waals surface area contributed by atoms with Crippen LogP contribution in [0.2, 0.25) is 0 Å². The molecule has 0 saturated carbocycles. The maximum absolute atomic E-state index is 4.41. The van der Waals surface area contributed by atoms with Crippen molar-refractivity contribution >= 4 is 27.4 Å². The summed E-state index contributed by atoms with van der Waals surface area (Å²) in [6, 6.07) is 8.24. The highest BCUT2D eigenvalue weighted by molar-refractivity contribution is 7.11. The third-order valence-electron chi connectivity index (χ3n) is 2.55. The second-order valence-electron chi connectivity index (χ2n) is 4.07. The van der Waals surface area contributed by atoms with Crippen molar-refractivity contribution < 1.29 is 0 Å². The minimum atomic E-state index is 0.617. The molecule has 1 unspecified atom stereocenters. The molecular formula is C12H17N3S. The number of hydrogen-bond acceptors (Lipinski definition) is 4. The van der Waals surface area contributed by atoms with Gasteiger partial charge in [-0.15, -0.1) is 0 Å². The van der Waals surface area contributed by atoms with Crippen molar-refractivity contribution in [1.29, 1.82) is 0 Å². The van der Waals surface area contributed by atoms with Crippen molar-refractivity contribution in [1.82, 2.24) is 9.69 Å². The molecule has 0 bridgehead atoms. The van der Waals surface area contributed by atoms with Gasteiger partial charge < -0.3 is 10.6 Å². The molecule has 0 spiro atoms.